The van der Waals surface area contributed by atoms with Gasteiger partial charge in [-0.05, 0) is 56.4 Å². The van der Waals surface area contributed by atoms with Crippen LogP contribution in [0.5, 0.6) is 34.5 Å². The first-order valence-corrected chi connectivity index (χ1v) is 29.6. The fourth-order valence-corrected chi connectivity index (χ4v) is 8.68. The number of benzene rings is 3. The SMILES string of the molecule is CCCCCCCCOc1ccc(C(=O)/C=C/Nc2cc(OCCCCCCCC)c(OCCCCCCCC)cc2N/C=C/C(=O)c2ccc(OCCCCCCCC)cc2OCCCCCCCC)c(O)c1. The van der Waals surface area contributed by atoms with Crippen molar-refractivity contribution >= 4 is 22.9 Å². The highest BCUT2D eigenvalue weighted by molar-refractivity contribution is 6.07. The Labute approximate surface area is 449 Å². The van der Waals surface area contributed by atoms with E-state index in [0.29, 0.717) is 78.7 Å². The van der Waals surface area contributed by atoms with Gasteiger partial charge in [-0.15, -0.1) is 0 Å². The van der Waals surface area contributed by atoms with Crippen molar-refractivity contribution in [3.05, 3.63) is 84.2 Å². The Morgan fingerprint density at radius 1 is 0.378 bits per heavy atom. The van der Waals surface area contributed by atoms with Crippen molar-refractivity contribution in [2.24, 2.45) is 0 Å². The van der Waals surface area contributed by atoms with Crippen molar-refractivity contribution in [2.75, 3.05) is 43.7 Å². The largest absolute Gasteiger partial charge is 0.507 e. The van der Waals surface area contributed by atoms with Gasteiger partial charge in [0.05, 0.1) is 55.5 Å². The number of allylic oxidation sites excluding steroid dienone is 2. The predicted octanol–water partition coefficient (Wildman–Crippen LogP) is 18.7. The third-order valence-electron chi connectivity index (χ3n) is 13.3. The average Bonchev–Trinajstić information content (AvgIpc) is 3.40. The minimum atomic E-state index is -0.371. The van der Waals surface area contributed by atoms with Crippen molar-refractivity contribution in [3.8, 4) is 34.5 Å². The zero-order chi connectivity index (χ0) is 53.1. The van der Waals surface area contributed by atoms with Crippen LogP contribution in [0.2, 0.25) is 0 Å². The Balaban J connectivity index is 1.87. The highest BCUT2D eigenvalue weighted by atomic mass is 16.5. The molecular weight excluding hydrogens is 925 g/mol. The lowest BCUT2D eigenvalue weighted by atomic mass is 10.1. The van der Waals surface area contributed by atoms with E-state index in [1.54, 1.807) is 30.6 Å². The molecule has 74 heavy (non-hydrogen) atoms. The summed E-state index contributed by atoms with van der Waals surface area (Å²) >= 11 is 0. The number of nitrogens with one attached hydrogen (secondary N) is 2. The zero-order valence-corrected chi connectivity index (χ0v) is 47.0. The normalized spacial score (nSPS) is 11.4. The fourth-order valence-electron chi connectivity index (χ4n) is 8.68. The quantitative estimate of drug-likeness (QED) is 0.0286. The Bertz CT molecular complexity index is 2000. The lowest BCUT2D eigenvalue weighted by Crippen LogP contribution is -2.07. The van der Waals surface area contributed by atoms with Crippen LogP contribution in [0.25, 0.3) is 0 Å². The monoisotopic (exact) mass is 1020 g/mol. The van der Waals surface area contributed by atoms with Gasteiger partial charge in [0.15, 0.2) is 23.1 Å². The summed E-state index contributed by atoms with van der Waals surface area (Å²) in [5.74, 6) is 2.22. The molecule has 0 unspecified atom stereocenters. The van der Waals surface area contributed by atoms with E-state index in [2.05, 4.69) is 45.3 Å². The molecule has 0 radical (unpaired) electrons. The summed E-state index contributed by atoms with van der Waals surface area (Å²) in [7, 11) is 0. The number of phenols is 1. The average molecular weight is 1030 g/mol. The summed E-state index contributed by atoms with van der Waals surface area (Å²) < 4.78 is 31.3. The number of ketones is 2. The zero-order valence-electron chi connectivity index (χ0n) is 47.0. The maximum atomic E-state index is 14.0. The lowest BCUT2D eigenvalue weighted by Gasteiger charge is -2.18. The van der Waals surface area contributed by atoms with E-state index >= 15 is 0 Å². The lowest BCUT2D eigenvalue weighted by molar-refractivity contribution is 0.103. The Morgan fingerprint density at radius 3 is 1.07 bits per heavy atom. The van der Waals surface area contributed by atoms with Gasteiger partial charge >= 0.3 is 0 Å². The predicted molar refractivity (Wildman–Crippen MR) is 310 cm³/mol. The molecule has 0 aliphatic heterocycles. The molecule has 0 bridgehead atoms. The number of ether oxygens (including phenoxy) is 5. The molecule has 3 rings (SSSR count). The van der Waals surface area contributed by atoms with Crippen LogP contribution < -0.4 is 34.3 Å². The molecule has 10 heteroatoms. The number of anilines is 2. The first-order chi connectivity index (χ1) is 36.3. The van der Waals surface area contributed by atoms with Gasteiger partial charge in [0.1, 0.15) is 23.0 Å². The number of aromatic hydroxyl groups is 1. The molecule has 0 saturated heterocycles. The number of phenolic OH excluding ortho intramolecular Hbond substituents is 1. The number of hydrogen-bond donors (Lipinski definition) is 3. The minimum Gasteiger partial charge on any atom is -0.507 e. The molecule has 0 aliphatic carbocycles. The van der Waals surface area contributed by atoms with Gasteiger partial charge in [0, 0.05) is 48.8 Å². The van der Waals surface area contributed by atoms with Crippen molar-refractivity contribution in [3.63, 3.8) is 0 Å². The van der Waals surface area contributed by atoms with Gasteiger partial charge in [-0.1, -0.05) is 195 Å². The second-order valence-corrected chi connectivity index (χ2v) is 19.9. The van der Waals surface area contributed by atoms with Gasteiger partial charge in [-0.2, -0.15) is 0 Å². The van der Waals surface area contributed by atoms with Crippen molar-refractivity contribution in [2.45, 2.75) is 227 Å². The van der Waals surface area contributed by atoms with Gasteiger partial charge in [-0.3, -0.25) is 9.59 Å². The van der Waals surface area contributed by atoms with E-state index < -0.39 is 0 Å². The van der Waals surface area contributed by atoms with Gasteiger partial charge in [0.25, 0.3) is 0 Å². The molecule has 0 atom stereocenters. The molecule has 3 aromatic carbocycles. The van der Waals surface area contributed by atoms with Crippen molar-refractivity contribution < 1.29 is 38.4 Å². The molecule has 414 valence electrons. The van der Waals surface area contributed by atoms with Gasteiger partial charge in [-0.25, -0.2) is 0 Å². The number of rotatable bonds is 48. The third kappa shape index (κ3) is 28.0. The molecule has 3 aromatic rings. The molecule has 0 aliphatic rings. The van der Waals surface area contributed by atoms with Crippen LogP contribution in [0, 0.1) is 0 Å². The van der Waals surface area contributed by atoms with Gasteiger partial charge in [0.2, 0.25) is 0 Å². The summed E-state index contributed by atoms with van der Waals surface area (Å²) in [6, 6.07) is 14.1. The summed E-state index contributed by atoms with van der Waals surface area (Å²) in [5.41, 5.74) is 1.85. The molecule has 0 spiro atoms. The highest BCUT2D eigenvalue weighted by Crippen LogP contribution is 2.38. The first-order valence-electron chi connectivity index (χ1n) is 29.6. The third-order valence-corrected chi connectivity index (χ3v) is 13.3. The van der Waals surface area contributed by atoms with Crippen molar-refractivity contribution in [1.82, 2.24) is 0 Å². The van der Waals surface area contributed by atoms with Crippen LogP contribution in [0.15, 0.2) is 73.1 Å². The van der Waals surface area contributed by atoms with Crippen LogP contribution in [0.3, 0.4) is 0 Å². The Hall–Kier alpha value is -5.12. The minimum absolute atomic E-state index is 0.138. The van der Waals surface area contributed by atoms with E-state index in [4.69, 9.17) is 23.7 Å². The van der Waals surface area contributed by atoms with E-state index in [0.717, 1.165) is 64.2 Å². The van der Waals surface area contributed by atoms with E-state index in [1.165, 1.54) is 147 Å². The smallest absolute Gasteiger partial charge is 0.191 e. The topological polar surface area (TPSA) is 125 Å². The summed E-state index contributed by atoms with van der Waals surface area (Å²) in [5, 5.41) is 17.5. The molecule has 0 saturated carbocycles. The highest BCUT2D eigenvalue weighted by Gasteiger charge is 2.16. The second kappa shape index (κ2) is 42.1. The maximum Gasteiger partial charge on any atom is 0.191 e. The fraction of sp³-hybridized carbons (Fsp3) is 0.625. The molecular formula is C64H100N2O8. The van der Waals surface area contributed by atoms with E-state index in [1.807, 2.05) is 24.3 Å². The molecule has 0 amide bonds. The van der Waals surface area contributed by atoms with Crippen LogP contribution in [0.4, 0.5) is 11.4 Å². The molecule has 0 fully saturated rings. The first kappa shape index (κ1) is 63.2. The van der Waals surface area contributed by atoms with Crippen LogP contribution >= 0.6 is 0 Å². The number of hydrogen-bond acceptors (Lipinski definition) is 10. The van der Waals surface area contributed by atoms with E-state index in [-0.39, 0.29) is 22.9 Å². The van der Waals surface area contributed by atoms with E-state index in [9.17, 15) is 14.7 Å². The van der Waals surface area contributed by atoms with Crippen molar-refractivity contribution in [1.29, 1.82) is 0 Å². The number of carbonyl (C=O) groups excluding carboxylic acids is 2. The molecule has 0 heterocycles. The number of unbranched alkanes of at least 4 members (excludes halogenated alkanes) is 25. The Morgan fingerprint density at radius 2 is 0.689 bits per heavy atom. The molecule has 10 nitrogen and oxygen atoms in total. The van der Waals surface area contributed by atoms with Crippen LogP contribution in [-0.2, 0) is 0 Å². The number of carbonyl (C=O) groups is 2. The second-order valence-electron chi connectivity index (χ2n) is 19.9. The molecule has 3 N–H and O–H groups in total. The summed E-state index contributed by atoms with van der Waals surface area (Å²) in [6.07, 6.45) is 40.7. The summed E-state index contributed by atoms with van der Waals surface area (Å²) in [6.45, 7) is 13.9. The van der Waals surface area contributed by atoms with Gasteiger partial charge < -0.3 is 39.4 Å². The standard InChI is InChI=1S/C64H100N2O8/c1-6-11-16-21-26-31-44-70-53-36-38-55(61(69)49-53)59(67)40-42-65-57-51-63(73-47-34-29-24-19-14-9-4)64(74-48-35-30-25-20-15-10-5)52-58(57)66-43-41-60(68)56-39-37-54(71-45-32-27-22-17-12-7-2)50-62(56)72-46-33-28-23-18-13-8-3/h36-43,49-52,65-66,69H,6-35,44-48H2,1-5H3/b42-40+,43-41+. The summed E-state index contributed by atoms with van der Waals surface area (Å²) in [4.78, 5) is 27.5. The molecule has 0 aromatic heterocycles. The maximum absolute atomic E-state index is 14.0. The Kier molecular flexibility index (Phi) is 36.0. The van der Waals surface area contributed by atoms with Crippen LogP contribution in [-0.4, -0.2) is 49.7 Å². The van der Waals surface area contributed by atoms with Crippen LogP contribution in [0.1, 0.15) is 248 Å².